The highest BCUT2D eigenvalue weighted by molar-refractivity contribution is 5.98. The third kappa shape index (κ3) is 2.87. The van der Waals surface area contributed by atoms with Gasteiger partial charge in [-0.05, 0) is 18.6 Å². The Bertz CT molecular complexity index is 578. The molecule has 1 aromatic carbocycles. The van der Waals surface area contributed by atoms with Crippen LogP contribution in [-0.2, 0) is 4.79 Å². The quantitative estimate of drug-likeness (QED) is 0.832. The minimum Gasteiger partial charge on any atom is -0.357 e. The van der Waals surface area contributed by atoms with Crippen LogP contribution in [-0.4, -0.2) is 49.4 Å². The number of carbonyl (C=O) groups is 2. The topological polar surface area (TPSA) is 61.4 Å². The first-order chi connectivity index (χ1) is 9.97. The summed E-state index contributed by atoms with van der Waals surface area (Å²) < 4.78 is 27.9. The number of benzene rings is 1. The van der Waals surface area contributed by atoms with E-state index in [-0.39, 0.29) is 24.6 Å². The van der Waals surface area contributed by atoms with Crippen LogP contribution >= 0.6 is 0 Å². The maximum Gasteiger partial charge on any atom is 0.260 e. The molecule has 21 heavy (non-hydrogen) atoms. The number of hydrogen-bond donors (Lipinski definition) is 2. The molecule has 2 N–H and O–H groups in total. The number of carbonyl (C=O) groups excluding carboxylic acids is 2. The first kappa shape index (κ1) is 15.4. The molecule has 1 atom stereocenters. The van der Waals surface area contributed by atoms with E-state index in [2.05, 4.69) is 10.6 Å². The number of hydrogen-bond acceptors (Lipinski definition) is 3. The van der Waals surface area contributed by atoms with Crippen molar-refractivity contribution in [3.8, 4) is 0 Å². The van der Waals surface area contributed by atoms with Gasteiger partial charge in [-0.2, -0.15) is 0 Å². The second-order valence-electron chi connectivity index (χ2n) is 4.89. The molecule has 0 radical (unpaired) electrons. The number of nitrogens with one attached hydrogen (secondary N) is 2. The van der Waals surface area contributed by atoms with Gasteiger partial charge in [-0.15, -0.1) is 0 Å². The summed E-state index contributed by atoms with van der Waals surface area (Å²) in [5.74, 6) is -2.97. The van der Waals surface area contributed by atoms with Crippen molar-refractivity contribution in [2.24, 2.45) is 0 Å². The zero-order chi connectivity index (χ0) is 15.6. The van der Waals surface area contributed by atoms with Crippen molar-refractivity contribution in [2.75, 3.05) is 26.7 Å². The molecule has 0 bridgehead atoms. The average Bonchev–Trinajstić information content (AvgIpc) is 2.50. The van der Waals surface area contributed by atoms with Crippen molar-refractivity contribution in [2.45, 2.75) is 13.0 Å². The summed E-state index contributed by atoms with van der Waals surface area (Å²) in [6.07, 6.45) is 0. The number of likely N-dealkylation sites (N-methyl/N-ethyl adjacent to an activating group) is 1. The monoisotopic (exact) mass is 297 g/mol. The molecule has 0 saturated carbocycles. The Hall–Kier alpha value is -2.02. The van der Waals surface area contributed by atoms with Crippen molar-refractivity contribution in [1.82, 2.24) is 15.5 Å². The highest BCUT2D eigenvalue weighted by Gasteiger charge is 2.34. The highest BCUT2D eigenvalue weighted by atomic mass is 19.1. The predicted octanol–water partition coefficient (Wildman–Crippen LogP) is 0.433. The van der Waals surface area contributed by atoms with Crippen molar-refractivity contribution in [3.63, 3.8) is 0 Å². The van der Waals surface area contributed by atoms with Crippen LogP contribution in [0.25, 0.3) is 0 Å². The number of nitrogens with zero attached hydrogens (tertiary/aromatic N) is 1. The summed E-state index contributed by atoms with van der Waals surface area (Å²) in [5.41, 5.74) is -0.419. The van der Waals surface area contributed by atoms with E-state index in [0.717, 1.165) is 6.07 Å². The molecule has 114 valence electrons. The minimum absolute atomic E-state index is 0.186. The average molecular weight is 297 g/mol. The summed E-state index contributed by atoms with van der Waals surface area (Å²) in [6.45, 7) is 2.39. The van der Waals surface area contributed by atoms with Crippen LogP contribution in [0.2, 0.25) is 0 Å². The van der Waals surface area contributed by atoms with E-state index in [0.29, 0.717) is 6.54 Å². The van der Waals surface area contributed by atoms with Gasteiger partial charge in [-0.3, -0.25) is 9.59 Å². The molecule has 2 amide bonds. The van der Waals surface area contributed by atoms with Gasteiger partial charge in [0.2, 0.25) is 5.91 Å². The van der Waals surface area contributed by atoms with E-state index in [1.807, 2.05) is 0 Å². The summed E-state index contributed by atoms with van der Waals surface area (Å²) >= 11 is 0. The second kappa shape index (κ2) is 6.17. The fourth-order valence-corrected chi connectivity index (χ4v) is 2.34. The van der Waals surface area contributed by atoms with Gasteiger partial charge in [0.05, 0.1) is 0 Å². The molecule has 1 aromatic rings. The van der Waals surface area contributed by atoms with E-state index in [4.69, 9.17) is 0 Å². The predicted molar refractivity (Wildman–Crippen MR) is 72.9 cm³/mol. The lowest BCUT2D eigenvalue weighted by Crippen LogP contribution is -2.59. The summed E-state index contributed by atoms with van der Waals surface area (Å²) in [7, 11) is 1.45. The van der Waals surface area contributed by atoms with E-state index >= 15 is 0 Å². The molecule has 0 aliphatic carbocycles. The number of piperazine rings is 1. The second-order valence-corrected chi connectivity index (χ2v) is 4.89. The normalized spacial score (nSPS) is 18.5. The molecule has 1 unspecified atom stereocenters. The van der Waals surface area contributed by atoms with Gasteiger partial charge in [0.25, 0.3) is 5.91 Å². The van der Waals surface area contributed by atoms with Crippen LogP contribution in [0.3, 0.4) is 0 Å². The molecule has 5 nitrogen and oxygen atoms in total. The lowest BCUT2D eigenvalue weighted by Gasteiger charge is -2.35. The van der Waals surface area contributed by atoms with Gasteiger partial charge < -0.3 is 15.5 Å². The summed E-state index contributed by atoms with van der Waals surface area (Å²) in [4.78, 5) is 25.5. The molecule has 2 rings (SSSR count). The molecule has 1 heterocycles. The molecule has 7 heteroatoms. The first-order valence-electron chi connectivity index (χ1n) is 6.65. The third-order valence-electron chi connectivity index (χ3n) is 3.55. The minimum atomic E-state index is -0.919. The van der Waals surface area contributed by atoms with Crippen LogP contribution < -0.4 is 10.6 Å². The number of aryl methyl sites for hydroxylation is 1. The van der Waals surface area contributed by atoms with Gasteiger partial charge in [-0.25, -0.2) is 8.78 Å². The highest BCUT2D eigenvalue weighted by Crippen LogP contribution is 2.20. The van der Waals surface area contributed by atoms with Crippen molar-refractivity contribution >= 4 is 11.8 Å². The van der Waals surface area contributed by atoms with Gasteiger partial charge >= 0.3 is 0 Å². The standard InChI is InChI=1S/C14H17F2N3O2/c1-8-3-4-9(15)11(12(8)16)14(21)19-6-5-18-7-10(19)13(20)17-2/h3-4,10,18H,5-7H2,1-2H3,(H,17,20). The summed E-state index contributed by atoms with van der Waals surface area (Å²) in [6, 6.07) is 1.55. The number of halogens is 2. The van der Waals surface area contributed by atoms with Crippen molar-refractivity contribution < 1.29 is 18.4 Å². The molecule has 1 fully saturated rings. The van der Waals surface area contributed by atoms with Gasteiger partial charge in [0.1, 0.15) is 23.2 Å². The van der Waals surface area contributed by atoms with Crippen LogP contribution in [0.5, 0.6) is 0 Å². The van der Waals surface area contributed by atoms with Crippen LogP contribution in [0, 0.1) is 18.6 Å². The Morgan fingerprint density at radius 1 is 1.38 bits per heavy atom. The van der Waals surface area contributed by atoms with Gasteiger partial charge in [0.15, 0.2) is 0 Å². The Labute approximate surface area is 121 Å². The molecular weight excluding hydrogens is 280 g/mol. The fraction of sp³-hybridized carbons (Fsp3) is 0.429. The first-order valence-corrected chi connectivity index (χ1v) is 6.65. The molecule has 1 aliphatic heterocycles. The molecule has 1 saturated heterocycles. The number of amides is 2. The molecule has 0 aromatic heterocycles. The van der Waals surface area contributed by atoms with E-state index < -0.39 is 29.1 Å². The molecular formula is C14H17F2N3O2. The lowest BCUT2D eigenvalue weighted by atomic mass is 10.1. The maximum absolute atomic E-state index is 14.1. The van der Waals surface area contributed by atoms with E-state index in [1.165, 1.54) is 24.9 Å². The van der Waals surface area contributed by atoms with Crippen LogP contribution in [0.1, 0.15) is 15.9 Å². The Morgan fingerprint density at radius 3 is 2.76 bits per heavy atom. The Morgan fingerprint density at radius 2 is 2.10 bits per heavy atom. The SMILES string of the molecule is CNC(=O)C1CNCCN1C(=O)c1c(F)ccc(C)c1F. The zero-order valence-corrected chi connectivity index (χ0v) is 11.9. The van der Waals surface area contributed by atoms with Crippen LogP contribution in [0.15, 0.2) is 12.1 Å². The lowest BCUT2D eigenvalue weighted by molar-refractivity contribution is -0.125. The van der Waals surface area contributed by atoms with Crippen molar-refractivity contribution in [1.29, 1.82) is 0 Å². The molecule has 1 aliphatic rings. The van der Waals surface area contributed by atoms with Gasteiger partial charge in [-0.1, -0.05) is 6.07 Å². The van der Waals surface area contributed by atoms with E-state index in [9.17, 15) is 18.4 Å². The number of rotatable bonds is 2. The zero-order valence-electron chi connectivity index (χ0n) is 11.9. The summed E-state index contributed by atoms with van der Waals surface area (Å²) in [5, 5.41) is 5.44. The smallest absolute Gasteiger partial charge is 0.260 e. The third-order valence-corrected chi connectivity index (χ3v) is 3.55. The fourth-order valence-electron chi connectivity index (χ4n) is 2.34. The van der Waals surface area contributed by atoms with E-state index in [1.54, 1.807) is 0 Å². The Kier molecular flexibility index (Phi) is 4.52. The largest absolute Gasteiger partial charge is 0.357 e. The van der Waals surface area contributed by atoms with Gasteiger partial charge in [0, 0.05) is 26.7 Å². The maximum atomic E-state index is 14.1. The van der Waals surface area contributed by atoms with Crippen LogP contribution in [0.4, 0.5) is 8.78 Å². The Balaban J connectivity index is 2.38. The van der Waals surface area contributed by atoms with Crippen molar-refractivity contribution in [3.05, 3.63) is 34.9 Å². The molecule has 0 spiro atoms.